The van der Waals surface area contributed by atoms with Gasteiger partial charge in [-0.2, -0.15) is 4.31 Å². The molecule has 0 amide bonds. The molecule has 3 aromatic heterocycles. The molecule has 0 bridgehead atoms. The average Bonchev–Trinajstić information content (AvgIpc) is 3.56. The molecule has 7 rings (SSSR count). The summed E-state index contributed by atoms with van der Waals surface area (Å²) in [4.78, 5) is 19.0. The predicted molar refractivity (Wildman–Crippen MR) is 157 cm³/mol. The van der Waals surface area contributed by atoms with E-state index in [9.17, 15) is 18.3 Å². The number of carbonyl (C=O) groups is 1. The number of sulfonamides is 1. The zero-order chi connectivity index (χ0) is 29.2. The van der Waals surface area contributed by atoms with Gasteiger partial charge in [-0.05, 0) is 85.5 Å². The van der Waals surface area contributed by atoms with Crippen molar-refractivity contribution in [1.82, 2.24) is 23.9 Å². The Hall–Kier alpha value is -3.83. The quantitative estimate of drug-likeness (QED) is 0.338. The number of rotatable bonds is 7. The summed E-state index contributed by atoms with van der Waals surface area (Å²) in [7, 11) is -3.79. The molecule has 218 valence electrons. The number of pyridine rings is 2. The second kappa shape index (κ2) is 10.2. The number of aryl methyl sites for hydroxylation is 2. The Labute approximate surface area is 245 Å². The molecule has 0 radical (unpaired) electrons. The third-order valence-electron chi connectivity index (χ3n) is 9.14. The summed E-state index contributed by atoms with van der Waals surface area (Å²) in [6.07, 6.45) is 7.65. The minimum atomic E-state index is -3.79. The first-order valence-electron chi connectivity index (χ1n) is 14.6. The van der Waals surface area contributed by atoms with Crippen molar-refractivity contribution in [2.45, 2.75) is 75.3 Å². The summed E-state index contributed by atoms with van der Waals surface area (Å²) in [5.74, 6) is 0.613. The van der Waals surface area contributed by atoms with Crippen molar-refractivity contribution in [3.05, 3.63) is 82.4 Å². The third kappa shape index (κ3) is 4.55. The highest BCUT2D eigenvalue weighted by atomic mass is 32.2. The fraction of sp³-hybridized carbons (Fsp3) is 0.419. The van der Waals surface area contributed by atoms with Crippen LogP contribution in [0.5, 0.6) is 0 Å². The number of benzene rings is 1. The molecule has 1 unspecified atom stereocenters. The number of hydrogen-bond donors (Lipinski definition) is 1. The standard InChI is InChI=1S/C31H34N6O4S/c1-19-7-8-22(26(16-28(38)39)25-11-14-37-29(20(25)2)33-34-30(37)21-9-10-21)15-23(19)17-35-18-24-5-4-13-36(24)31-27(42(35,40)41)6-3-12-32-31/h3,6-8,11-12,14-15,21,24,26H,4-5,9-10,13,16-18H2,1-2H3,(H,38,39)/t24?,26-/m0/s1. The van der Waals surface area contributed by atoms with Crippen molar-refractivity contribution >= 4 is 27.5 Å². The van der Waals surface area contributed by atoms with Gasteiger partial charge in [0.15, 0.2) is 5.65 Å². The van der Waals surface area contributed by atoms with E-state index in [1.165, 1.54) is 0 Å². The predicted octanol–water partition coefficient (Wildman–Crippen LogP) is 4.40. The molecule has 1 aromatic carbocycles. The molecule has 4 aromatic rings. The Balaban J connectivity index is 1.27. The van der Waals surface area contributed by atoms with Crippen molar-refractivity contribution in [2.24, 2.45) is 0 Å². The lowest BCUT2D eigenvalue weighted by Gasteiger charge is -2.26. The molecule has 0 spiro atoms. The van der Waals surface area contributed by atoms with Crippen LogP contribution in [0, 0.1) is 13.8 Å². The number of aromatic nitrogens is 4. The first-order chi connectivity index (χ1) is 20.2. The van der Waals surface area contributed by atoms with Crippen LogP contribution in [0.4, 0.5) is 5.82 Å². The molecule has 10 nitrogen and oxygen atoms in total. The maximum Gasteiger partial charge on any atom is 0.304 e. The van der Waals surface area contributed by atoms with E-state index < -0.39 is 21.9 Å². The molecule has 11 heteroatoms. The Morgan fingerprint density at radius 2 is 1.95 bits per heavy atom. The molecule has 1 saturated carbocycles. The van der Waals surface area contributed by atoms with Gasteiger partial charge in [0.1, 0.15) is 16.5 Å². The van der Waals surface area contributed by atoms with Crippen LogP contribution in [-0.2, 0) is 21.4 Å². The van der Waals surface area contributed by atoms with Crippen molar-refractivity contribution < 1.29 is 18.3 Å². The van der Waals surface area contributed by atoms with Crippen LogP contribution in [0.3, 0.4) is 0 Å². The molecule has 42 heavy (non-hydrogen) atoms. The molecular weight excluding hydrogens is 552 g/mol. The van der Waals surface area contributed by atoms with Crippen molar-refractivity contribution in [3.8, 4) is 0 Å². The lowest BCUT2D eigenvalue weighted by Crippen LogP contribution is -2.39. The fourth-order valence-corrected chi connectivity index (χ4v) is 8.30. The van der Waals surface area contributed by atoms with Gasteiger partial charge < -0.3 is 10.0 Å². The minimum Gasteiger partial charge on any atom is -0.481 e. The van der Waals surface area contributed by atoms with Crippen LogP contribution < -0.4 is 4.90 Å². The van der Waals surface area contributed by atoms with Gasteiger partial charge in [-0.1, -0.05) is 18.2 Å². The summed E-state index contributed by atoms with van der Waals surface area (Å²) >= 11 is 0. The summed E-state index contributed by atoms with van der Waals surface area (Å²) in [5.41, 5.74) is 5.20. The Bertz CT molecular complexity index is 1820. The van der Waals surface area contributed by atoms with Gasteiger partial charge in [-0.15, -0.1) is 10.2 Å². The fourth-order valence-electron chi connectivity index (χ4n) is 6.69. The Morgan fingerprint density at radius 3 is 2.74 bits per heavy atom. The third-order valence-corrected chi connectivity index (χ3v) is 11.0. The number of aliphatic carboxylic acids is 1. The van der Waals surface area contributed by atoms with E-state index in [4.69, 9.17) is 0 Å². The number of fused-ring (bicyclic) bond motifs is 4. The van der Waals surface area contributed by atoms with Gasteiger partial charge in [0.2, 0.25) is 10.0 Å². The Kier molecular flexibility index (Phi) is 6.54. The van der Waals surface area contributed by atoms with Crippen molar-refractivity contribution in [1.29, 1.82) is 0 Å². The van der Waals surface area contributed by atoms with E-state index in [1.54, 1.807) is 22.6 Å². The molecule has 2 aliphatic heterocycles. The van der Waals surface area contributed by atoms with Crippen LogP contribution >= 0.6 is 0 Å². The van der Waals surface area contributed by atoms with Gasteiger partial charge in [-0.3, -0.25) is 9.20 Å². The highest BCUT2D eigenvalue weighted by molar-refractivity contribution is 7.89. The van der Waals surface area contributed by atoms with Crippen LogP contribution in [-0.4, -0.2) is 62.5 Å². The summed E-state index contributed by atoms with van der Waals surface area (Å²) in [5, 5.41) is 18.8. The second-order valence-corrected chi connectivity index (χ2v) is 13.8. The first-order valence-corrected chi connectivity index (χ1v) is 16.0. The van der Waals surface area contributed by atoms with E-state index in [2.05, 4.69) is 20.1 Å². The molecule has 2 fully saturated rings. The van der Waals surface area contributed by atoms with E-state index >= 15 is 0 Å². The van der Waals surface area contributed by atoms with E-state index in [0.717, 1.165) is 71.5 Å². The van der Waals surface area contributed by atoms with E-state index in [1.807, 2.05) is 48.7 Å². The molecule has 1 N–H and O–H groups in total. The molecule has 3 aliphatic rings. The van der Waals surface area contributed by atoms with Crippen LogP contribution in [0.1, 0.15) is 77.6 Å². The number of anilines is 1. The van der Waals surface area contributed by atoms with Gasteiger partial charge in [-0.25, -0.2) is 13.4 Å². The summed E-state index contributed by atoms with van der Waals surface area (Å²) in [6.45, 7) is 5.32. The smallest absolute Gasteiger partial charge is 0.304 e. The van der Waals surface area contributed by atoms with Crippen LogP contribution in [0.25, 0.3) is 5.65 Å². The lowest BCUT2D eigenvalue weighted by atomic mass is 9.85. The van der Waals surface area contributed by atoms with Gasteiger partial charge in [0.25, 0.3) is 0 Å². The average molecular weight is 587 g/mol. The second-order valence-electron chi connectivity index (χ2n) is 11.9. The van der Waals surface area contributed by atoms with Gasteiger partial charge >= 0.3 is 5.97 Å². The topological polar surface area (TPSA) is 121 Å². The number of nitrogens with zero attached hydrogens (tertiary/aromatic N) is 6. The SMILES string of the molecule is Cc1ccc([C@H](CC(=O)O)c2ccn3c(C4CC4)nnc3c2C)cc1CN1CC2CCCN2c2ncccc2S1(=O)=O. The number of hydrogen-bond acceptors (Lipinski definition) is 7. The maximum absolute atomic E-state index is 13.9. The molecule has 5 heterocycles. The Morgan fingerprint density at radius 1 is 1.12 bits per heavy atom. The van der Waals surface area contributed by atoms with Crippen LogP contribution in [0.2, 0.25) is 0 Å². The minimum absolute atomic E-state index is 0.0669. The summed E-state index contributed by atoms with van der Waals surface area (Å²) < 4.78 is 31.5. The van der Waals surface area contributed by atoms with E-state index in [-0.39, 0.29) is 23.9 Å². The largest absolute Gasteiger partial charge is 0.481 e. The molecule has 1 aliphatic carbocycles. The van der Waals surface area contributed by atoms with Gasteiger partial charge in [0, 0.05) is 49.9 Å². The van der Waals surface area contributed by atoms with E-state index in [0.29, 0.717) is 18.3 Å². The normalized spacial score (nSPS) is 20.7. The first kappa shape index (κ1) is 27.0. The zero-order valence-electron chi connectivity index (χ0n) is 23.8. The van der Waals surface area contributed by atoms with Crippen molar-refractivity contribution in [2.75, 3.05) is 18.0 Å². The number of carboxylic acid groups (broad SMARTS) is 1. The van der Waals surface area contributed by atoms with Crippen molar-refractivity contribution in [3.63, 3.8) is 0 Å². The van der Waals surface area contributed by atoms with Gasteiger partial charge in [0.05, 0.1) is 6.42 Å². The molecular formula is C31H34N6O4S. The maximum atomic E-state index is 13.9. The van der Waals surface area contributed by atoms with Crippen LogP contribution in [0.15, 0.2) is 53.7 Å². The monoisotopic (exact) mass is 586 g/mol. The highest BCUT2D eigenvalue weighted by Gasteiger charge is 2.40. The zero-order valence-corrected chi connectivity index (χ0v) is 24.6. The lowest BCUT2D eigenvalue weighted by molar-refractivity contribution is -0.137. The summed E-state index contributed by atoms with van der Waals surface area (Å²) in [6, 6.07) is 11.3. The highest BCUT2D eigenvalue weighted by Crippen LogP contribution is 2.41. The number of carboxylic acids is 1. The molecule has 1 saturated heterocycles. The molecule has 2 atom stereocenters.